The number of carbonyl (C=O) groups is 1. The fourth-order valence-corrected chi connectivity index (χ4v) is 3.72. The molecule has 0 fully saturated rings. The number of benzene rings is 2. The molecule has 0 saturated heterocycles. The van der Waals surface area contributed by atoms with Crippen molar-refractivity contribution in [1.82, 2.24) is 9.38 Å². The number of urea groups is 1. The van der Waals surface area contributed by atoms with Crippen molar-refractivity contribution in [3.05, 3.63) is 71.9 Å². The van der Waals surface area contributed by atoms with Gasteiger partial charge in [-0.1, -0.05) is 37.6 Å². The summed E-state index contributed by atoms with van der Waals surface area (Å²) in [5.74, 6) is 0. The van der Waals surface area contributed by atoms with Crippen molar-refractivity contribution < 1.29 is 4.79 Å². The van der Waals surface area contributed by atoms with Crippen LogP contribution in [0.3, 0.4) is 0 Å². The molecule has 2 aromatic heterocycles. The van der Waals surface area contributed by atoms with E-state index in [9.17, 15) is 4.79 Å². The van der Waals surface area contributed by atoms with Crippen molar-refractivity contribution >= 4 is 33.7 Å². The smallest absolute Gasteiger partial charge is 0.308 e. The molecule has 0 spiro atoms. The van der Waals surface area contributed by atoms with Gasteiger partial charge in [0, 0.05) is 34.7 Å². The Morgan fingerprint density at radius 1 is 1.04 bits per heavy atom. The van der Waals surface area contributed by atoms with Gasteiger partial charge in [0.25, 0.3) is 0 Å². The lowest BCUT2D eigenvalue weighted by atomic mass is 10.1. The molecular formula is C22H22N4OS. The van der Waals surface area contributed by atoms with Crippen LogP contribution in [0.25, 0.3) is 16.2 Å². The van der Waals surface area contributed by atoms with Crippen LogP contribution in [-0.2, 0) is 6.42 Å². The number of carbonyl (C=O) groups excluding carboxylic acids is 1. The summed E-state index contributed by atoms with van der Waals surface area (Å²) in [4.78, 5) is 17.8. The largest absolute Gasteiger partial charge is 0.323 e. The summed E-state index contributed by atoms with van der Waals surface area (Å²) < 4.78 is 2.01. The number of unbranched alkanes of at least 4 members (excludes halogenated alkanes) is 1. The van der Waals surface area contributed by atoms with Crippen LogP contribution in [0, 0.1) is 0 Å². The zero-order valence-corrected chi connectivity index (χ0v) is 16.5. The van der Waals surface area contributed by atoms with E-state index in [0.29, 0.717) is 0 Å². The number of thiazole rings is 1. The van der Waals surface area contributed by atoms with Crippen molar-refractivity contribution in [2.24, 2.45) is 0 Å². The summed E-state index contributed by atoms with van der Waals surface area (Å²) in [6.45, 7) is 2.19. The van der Waals surface area contributed by atoms with Gasteiger partial charge in [0.1, 0.15) is 0 Å². The number of aromatic nitrogens is 2. The zero-order valence-electron chi connectivity index (χ0n) is 15.7. The summed E-state index contributed by atoms with van der Waals surface area (Å²) in [5.41, 5.74) is 4.76. The fraction of sp³-hybridized carbons (Fsp3) is 0.182. The minimum atomic E-state index is -0.253. The van der Waals surface area contributed by atoms with Crippen LogP contribution < -0.4 is 10.6 Å². The number of nitrogens with zero attached hydrogens (tertiary/aromatic N) is 2. The SMILES string of the molecule is CCCCc1ccc(NC(=O)Nc2ccc(-c3cn4ccsc4n3)cc2)cc1. The quantitative estimate of drug-likeness (QED) is 0.421. The maximum atomic E-state index is 12.2. The van der Waals surface area contributed by atoms with E-state index in [0.717, 1.165) is 34.0 Å². The van der Waals surface area contributed by atoms with E-state index in [2.05, 4.69) is 34.7 Å². The first-order valence-corrected chi connectivity index (χ1v) is 10.3. The third-order valence-corrected chi connectivity index (χ3v) is 5.33. The molecule has 0 saturated carbocycles. The number of aryl methyl sites for hydroxylation is 1. The summed E-state index contributed by atoms with van der Waals surface area (Å²) in [6, 6.07) is 15.5. The second-order valence-corrected chi connectivity index (χ2v) is 7.55. The lowest BCUT2D eigenvalue weighted by Gasteiger charge is -2.09. The average molecular weight is 391 g/mol. The zero-order chi connectivity index (χ0) is 19.3. The molecule has 142 valence electrons. The summed E-state index contributed by atoms with van der Waals surface area (Å²) >= 11 is 1.61. The Bertz CT molecular complexity index is 1040. The van der Waals surface area contributed by atoms with Crippen LogP contribution in [-0.4, -0.2) is 15.4 Å². The van der Waals surface area contributed by atoms with Crippen LogP contribution in [0.5, 0.6) is 0 Å². The highest BCUT2D eigenvalue weighted by molar-refractivity contribution is 7.15. The second kappa shape index (κ2) is 8.27. The standard InChI is InChI=1S/C22H22N4OS/c1-2-3-4-16-5-9-18(10-6-16)23-21(27)24-19-11-7-17(8-12-19)20-15-26-13-14-28-22(26)25-20/h5-15H,2-4H2,1H3,(H2,23,24,27). The van der Waals surface area contributed by atoms with Crippen LogP contribution in [0.4, 0.5) is 16.2 Å². The Kier molecular flexibility index (Phi) is 5.39. The van der Waals surface area contributed by atoms with E-state index in [1.54, 1.807) is 11.3 Å². The number of rotatable bonds is 6. The van der Waals surface area contributed by atoms with E-state index in [-0.39, 0.29) is 6.03 Å². The maximum Gasteiger partial charge on any atom is 0.323 e. The molecule has 4 rings (SSSR count). The fourth-order valence-electron chi connectivity index (χ4n) is 3.02. The van der Waals surface area contributed by atoms with Crippen LogP contribution >= 0.6 is 11.3 Å². The lowest BCUT2D eigenvalue weighted by Crippen LogP contribution is -2.19. The molecular weight excluding hydrogens is 368 g/mol. The maximum absolute atomic E-state index is 12.2. The number of hydrogen-bond donors (Lipinski definition) is 2. The highest BCUT2D eigenvalue weighted by atomic mass is 32.1. The molecule has 0 radical (unpaired) electrons. The molecule has 0 aliphatic rings. The topological polar surface area (TPSA) is 58.4 Å². The predicted molar refractivity (Wildman–Crippen MR) is 116 cm³/mol. The Labute approximate surface area is 168 Å². The van der Waals surface area contributed by atoms with Gasteiger partial charge in [-0.2, -0.15) is 0 Å². The summed E-state index contributed by atoms with van der Waals surface area (Å²) in [6.07, 6.45) is 7.43. The Morgan fingerprint density at radius 3 is 2.36 bits per heavy atom. The third-order valence-electron chi connectivity index (χ3n) is 4.56. The molecule has 2 amide bonds. The molecule has 28 heavy (non-hydrogen) atoms. The molecule has 2 heterocycles. The second-order valence-electron chi connectivity index (χ2n) is 6.68. The van der Waals surface area contributed by atoms with E-state index >= 15 is 0 Å². The molecule has 0 aliphatic carbocycles. The van der Waals surface area contributed by atoms with Gasteiger partial charge in [-0.15, -0.1) is 11.3 Å². The normalized spacial score (nSPS) is 10.9. The Balaban J connectivity index is 1.36. The van der Waals surface area contributed by atoms with Crippen molar-refractivity contribution in [1.29, 1.82) is 0 Å². The van der Waals surface area contributed by atoms with E-state index < -0.39 is 0 Å². The minimum Gasteiger partial charge on any atom is -0.308 e. The molecule has 4 aromatic rings. The van der Waals surface area contributed by atoms with Gasteiger partial charge in [-0.3, -0.25) is 4.40 Å². The third kappa shape index (κ3) is 4.23. The van der Waals surface area contributed by atoms with Crippen molar-refractivity contribution in [2.45, 2.75) is 26.2 Å². The molecule has 2 aromatic carbocycles. The number of nitrogens with one attached hydrogen (secondary N) is 2. The van der Waals surface area contributed by atoms with Crippen LogP contribution in [0.2, 0.25) is 0 Å². The first kappa shape index (κ1) is 18.3. The van der Waals surface area contributed by atoms with Gasteiger partial charge in [-0.05, 0) is 42.7 Å². The minimum absolute atomic E-state index is 0.253. The number of imidazole rings is 1. The highest BCUT2D eigenvalue weighted by Crippen LogP contribution is 2.23. The average Bonchev–Trinajstić information content (AvgIpc) is 3.30. The van der Waals surface area contributed by atoms with E-state index in [1.165, 1.54) is 18.4 Å². The van der Waals surface area contributed by atoms with Crippen molar-refractivity contribution in [2.75, 3.05) is 10.6 Å². The lowest BCUT2D eigenvalue weighted by molar-refractivity contribution is 0.262. The first-order valence-electron chi connectivity index (χ1n) is 9.41. The van der Waals surface area contributed by atoms with Gasteiger partial charge in [0.2, 0.25) is 0 Å². The van der Waals surface area contributed by atoms with E-state index in [4.69, 9.17) is 0 Å². The highest BCUT2D eigenvalue weighted by Gasteiger charge is 2.07. The summed E-state index contributed by atoms with van der Waals surface area (Å²) in [5, 5.41) is 7.75. The van der Waals surface area contributed by atoms with Gasteiger partial charge in [0.15, 0.2) is 4.96 Å². The van der Waals surface area contributed by atoms with Crippen LogP contribution in [0.1, 0.15) is 25.3 Å². The van der Waals surface area contributed by atoms with Gasteiger partial charge >= 0.3 is 6.03 Å². The monoisotopic (exact) mass is 390 g/mol. The summed E-state index contributed by atoms with van der Waals surface area (Å²) in [7, 11) is 0. The van der Waals surface area contributed by atoms with Gasteiger partial charge < -0.3 is 10.6 Å². The molecule has 6 heteroatoms. The van der Waals surface area contributed by atoms with Gasteiger partial charge in [-0.25, -0.2) is 9.78 Å². The number of fused-ring (bicyclic) bond motifs is 1. The molecule has 0 atom stereocenters. The number of amides is 2. The van der Waals surface area contributed by atoms with Crippen molar-refractivity contribution in [3.63, 3.8) is 0 Å². The van der Waals surface area contributed by atoms with Crippen LogP contribution in [0.15, 0.2) is 66.3 Å². The molecule has 5 nitrogen and oxygen atoms in total. The number of hydrogen-bond acceptors (Lipinski definition) is 3. The first-order chi connectivity index (χ1) is 13.7. The Hall–Kier alpha value is -3.12. The van der Waals surface area contributed by atoms with E-state index in [1.807, 2.05) is 58.6 Å². The number of anilines is 2. The molecule has 0 bridgehead atoms. The predicted octanol–water partition coefficient (Wildman–Crippen LogP) is 6.05. The Morgan fingerprint density at radius 2 is 1.71 bits per heavy atom. The van der Waals surface area contributed by atoms with Crippen molar-refractivity contribution in [3.8, 4) is 11.3 Å². The molecule has 0 aliphatic heterocycles. The molecule has 0 unspecified atom stereocenters. The van der Waals surface area contributed by atoms with Gasteiger partial charge in [0.05, 0.1) is 5.69 Å². The molecule has 2 N–H and O–H groups in total.